The van der Waals surface area contributed by atoms with E-state index in [1.807, 2.05) is 24.3 Å². The summed E-state index contributed by atoms with van der Waals surface area (Å²) in [5, 5.41) is 12.7. The molecule has 0 spiro atoms. The van der Waals surface area contributed by atoms with E-state index in [0.29, 0.717) is 0 Å². The fraction of sp³-hybridized carbons (Fsp3) is 0.533. The number of ether oxygens (including phenoxy) is 1. The van der Waals surface area contributed by atoms with Crippen molar-refractivity contribution in [3.05, 3.63) is 29.8 Å². The van der Waals surface area contributed by atoms with Gasteiger partial charge in [-0.15, -0.1) is 11.8 Å². The minimum absolute atomic E-state index is 0.00594. The average Bonchev–Trinajstić information content (AvgIpc) is 2.84. The van der Waals surface area contributed by atoms with Crippen molar-refractivity contribution < 1.29 is 14.6 Å². The first-order valence-electron chi connectivity index (χ1n) is 6.61. The number of carboxylic acids is 1. The monoisotopic (exact) mass is 295 g/mol. The molecule has 1 aromatic carbocycles. The van der Waals surface area contributed by atoms with Crippen LogP contribution in [-0.4, -0.2) is 29.6 Å². The Kier molecular flexibility index (Phi) is 4.30. The van der Waals surface area contributed by atoms with Gasteiger partial charge in [-0.2, -0.15) is 0 Å². The van der Waals surface area contributed by atoms with E-state index in [4.69, 9.17) is 4.74 Å². The molecule has 0 aliphatic carbocycles. The van der Waals surface area contributed by atoms with Crippen LogP contribution < -0.4 is 10.1 Å². The molecule has 0 aromatic heterocycles. The second kappa shape index (κ2) is 5.66. The van der Waals surface area contributed by atoms with E-state index in [9.17, 15) is 9.90 Å². The number of carboxylic acid groups (broad SMARTS) is 1. The lowest BCUT2D eigenvalue weighted by Crippen LogP contribution is -2.42. The Balaban J connectivity index is 2.30. The Morgan fingerprint density at radius 1 is 1.40 bits per heavy atom. The van der Waals surface area contributed by atoms with Gasteiger partial charge in [0.2, 0.25) is 0 Å². The number of hydrogen-bond acceptors (Lipinski definition) is 4. The van der Waals surface area contributed by atoms with E-state index in [-0.39, 0.29) is 16.0 Å². The summed E-state index contributed by atoms with van der Waals surface area (Å²) in [6.07, 6.45) is 0. The van der Waals surface area contributed by atoms with Crippen LogP contribution in [0.1, 0.15) is 31.6 Å². The smallest absolute Gasteiger partial charge is 0.322 e. The van der Waals surface area contributed by atoms with Crippen molar-refractivity contribution in [3.63, 3.8) is 0 Å². The van der Waals surface area contributed by atoms with Crippen molar-refractivity contribution in [2.75, 3.05) is 7.11 Å². The van der Waals surface area contributed by atoms with E-state index in [2.05, 4.69) is 26.1 Å². The molecule has 1 aromatic rings. The zero-order chi connectivity index (χ0) is 14.9. The number of rotatable bonds is 3. The van der Waals surface area contributed by atoms with Crippen LogP contribution in [0.4, 0.5) is 0 Å². The van der Waals surface area contributed by atoms with Gasteiger partial charge in [0, 0.05) is 0 Å². The summed E-state index contributed by atoms with van der Waals surface area (Å²) in [5.41, 5.74) is 0.993. The molecule has 1 heterocycles. The predicted octanol–water partition coefficient (Wildman–Crippen LogP) is 2.90. The quantitative estimate of drug-likeness (QED) is 0.898. The molecule has 1 saturated heterocycles. The molecule has 0 radical (unpaired) electrons. The van der Waals surface area contributed by atoms with Gasteiger partial charge >= 0.3 is 5.97 Å². The van der Waals surface area contributed by atoms with Gasteiger partial charge in [-0.05, 0) is 23.1 Å². The number of benzene rings is 1. The molecule has 110 valence electrons. The lowest BCUT2D eigenvalue weighted by atomic mass is 9.95. The Hall–Kier alpha value is -1.20. The highest BCUT2D eigenvalue weighted by atomic mass is 32.2. The SMILES string of the molecule is COc1cccc([C@H]2SC(C(C)(C)C)N[C@@H]2C(=O)O)c1. The fourth-order valence-electron chi connectivity index (χ4n) is 2.26. The second-order valence-corrected chi connectivity index (χ2v) is 7.31. The summed E-state index contributed by atoms with van der Waals surface area (Å²) in [7, 11) is 1.62. The molecule has 1 unspecified atom stereocenters. The van der Waals surface area contributed by atoms with Crippen LogP contribution in [0.15, 0.2) is 24.3 Å². The Bertz CT molecular complexity index is 498. The summed E-state index contributed by atoms with van der Waals surface area (Å²) in [5.74, 6) is -0.0523. The standard InChI is InChI=1S/C15H21NO3S/c1-15(2,3)14-16-11(13(17)18)12(20-14)9-6-5-7-10(8-9)19-4/h5-8,11-12,14,16H,1-4H3,(H,17,18)/t11-,12+,14?/m0/s1. The lowest BCUT2D eigenvalue weighted by molar-refractivity contribution is -0.139. The first kappa shape index (κ1) is 15.2. The largest absolute Gasteiger partial charge is 0.497 e. The van der Waals surface area contributed by atoms with Crippen molar-refractivity contribution in [2.24, 2.45) is 5.41 Å². The number of hydrogen-bond donors (Lipinski definition) is 2. The molecule has 0 bridgehead atoms. The zero-order valence-corrected chi connectivity index (χ0v) is 13.0. The Morgan fingerprint density at radius 2 is 2.10 bits per heavy atom. The highest BCUT2D eigenvalue weighted by Crippen LogP contribution is 2.46. The molecule has 1 aliphatic rings. The molecule has 4 nitrogen and oxygen atoms in total. The highest BCUT2D eigenvalue weighted by molar-refractivity contribution is 8.00. The molecule has 0 saturated carbocycles. The minimum Gasteiger partial charge on any atom is -0.497 e. The molecule has 3 atom stereocenters. The first-order valence-corrected chi connectivity index (χ1v) is 7.55. The van der Waals surface area contributed by atoms with Crippen LogP contribution in [-0.2, 0) is 4.79 Å². The van der Waals surface area contributed by atoms with E-state index >= 15 is 0 Å². The van der Waals surface area contributed by atoms with Crippen LogP contribution in [0, 0.1) is 5.41 Å². The maximum atomic E-state index is 11.5. The van der Waals surface area contributed by atoms with E-state index < -0.39 is 12.0 Å². The van der Waals surface area contributed by atoms with Gasteiger partial charge in [-0.25, -0.2) is 0 Å². The topological polar surface area (TPSA) is 58.6 Å². The zero-order valence-electron chi connectivity index (χ0n) is 12.2. The maximum absolute atomic E-state index is 11.5. The van der Waals surface area contributed by atoms with E-state index in [1.165, 1.54) is 0 Å². The number of thioether (sulfide) groups is 1. The van der Waals surface area contributed by atoms with Crippen molar-refractivity contribution in [2.45, 2.75) is 37.4 Å². The molecule has 0 amide bonds. The number of nitrogens with one attached hydrogen (secondary N) is 1. The van der Waals surface area contributed by atoms with Crippen LogP contribution in [0.25, 0.3) is 0 Å². The van der Waals surface area contributed by atoms with Gasteiger partial charge in [0.1, 0.15) is 11.8 Å². The van der Waals surface area contributed by atoms with Crippen LogP contribution >= 0.6 is 11.8 Å². The normalized spacial score (nSPS) is 26.5. The maximum Gasteiger partial charge on any atom is 0.322 e. The Morgan fingerprint density at radius 3 is 2.65 bits per heavy atom. The van der Waals surface area contributed by atoms with Gasteiger partial charge in [0.15, 0.2) is 0 Å². The average molecular weight is 295 g/mol. The number of carbonyl (C=O) groups is 1. The van der Waals surface area contributed by atoms with Gasteiger partial charge in [-0.1, -0.05) is 32.9 Å². The Labute approximate surface area is 123 Å². The minimum atomic E-state index is -0.808. The molecular formula is C15H21NO3S. The molecule has 2 N–H and O–H groups in total. The number of methoxy groups -OCH3 is 1. The molecule has 20 heavy (non-hydrogen) atoms. The number of aliphatic carboxylic acids is 1. The summed E-state index contributed by atoms with van der Waals surface area (Å²) in [4.78, 5) is 11.5. The summed E-state index contributed by atoms with van der Waals surface area (Å²) >= 11 is 1.68. The van der Waals surface area contributed by atoms with Gasteiger partial charge in [-0.3, -0.25) is 10.1 Å². The van der Waals surface area contributed by atoms with E-state index in [0.717, 1.165) is 11.3 Å². The van der Waals surface area contributed by atoms with Gasteiger partial charge in [0.05, 0.1) is 17.7 Å². The van der Waals surface area contributed by atoms with E-state index in [1.54, 1.807) is 18.9 Å². The van der Waals surface area contributed by atoms with Gasteiger partial charge in [0.25, 0.3) is 0 Å². The molecule has 2 rings (SSSR count). The third-order valence-corrected chi connectivity index (χ3v) is 5.34. The summed E-state index contributed by atoms with van der Waals surface area (Å²) in [6.45, 7) is 6.35. The molecule has 1 aliphatic heterocycles. The second-order valence-electron chi connectivity index (χ2n) is 6.06. The lowest BCUT2D eigenvalue weighted by Gasteiger charge is -2.26. The molecule has 1 fully saturated rings. The van der Waals surface area contributed by atoms with Crippen LogP contribution in [0.5, 0.6) is 5.75 Å². The summed E-state index contributed by atoms with van der Waals surface area (Å²) in [6, 6.07) is 7.07. The third-order valence-electron chi connectivity index (χ3n) is 3.39. The fourth-order valence-corrected chi connectivity index (χ4v) is 3.84. The van der Waals surface area contributed by atoms with Crippen molar-refractivity contribution in [1.82, 2.24) is 5.32 Å². The van der Waals surface area contributed by atoms with Crippen LogP contribution in [0.2, 0.25) is 0 Å². The van der Waals surface area contributed by atoms with Crippen molar-refractivity contribution >= 4 is 17.7 Å². The highest BCUT2D eigenvalue weighted by Gasteiger charge is 2.44. The first-order chi connectivity index (χ1) is 9.32. The van der Waals surface area contributed by atoms with Crippen molar-refractivity contribution in [3.8, 4) is 5.75 Å². The molecular weight excluding hydrogens is 274 g/mol. The van der Waals surface area contributed by atoms with Crippen molar-refractivity contribution in [1.29, 1.82) is 0 Å². The predicted molar refractivity (Wildman–Crippen MR) is 81.1 cm³/mol. The molecule has 5 heteroatoms. The van der Waals surface area contributed by atoms with Gasteiger partial charge < -0.3 is 9.84 Å². The summed E-state index contributed by atoms with van der Waals surface area (Å²) < 4.78 is 5.23. The third kappa shape index (κ3) is 3.10. The van der Waals surface area contributed by atoms with Crippen LogP contribution in [0.3, 0.4) is 0 Å².